The van der Waals surface area contributed by atoms with E-state index in [2.05, 4.69) is 10.1 Å². The summed E-state index contributed by atoms with van der Waals surface area (Å²) in [5.74, 6) is -0.476. The molecule has 0 aliphatic rings. The SMILES string of the molecule is COC(=O)C(C)CSCC(=O)Nc1ccc(C(N)=O)cc1. The number of hydrogen-bond acceptors (Lipinski definition) is 5. The van der Waals surface area contributed by atoms with E-state index in [1.165, 1.54) is 18.9 Å². The Hall–Kier alpha value is -2.02. The van der Waals surface area contributed by atoms with Crippen molar-refractivity contribution < 1.29 is 19.1 Å². The molecule has 0 saturated heterocycles. The lowest BCUT2D eigenvalue weighted by Crippen LogP contribution is -2.18. The molecule has 0 saturated carbocycles. The van der Waals surface area contributed by atoms with Gasteiger partial charge in [-0.05, 0) is 24.3 Å². The lowest BCUT2D eigenvalue weighted by molar-refractivity contribution is -0.144. The molecule has 1 atom stereocenters. The third-order valence-electron chi connectivity index (χ3n) is 2.66. The van der Waals surface area contributed by atoms with Gasteiger partial charge >= 0.3 is 5.97 Å². The summed E-state index contributed by atoms with van der Waals surface area (Å²) in [6.07, 6.45) is 0. The highest BCUT2D eigenvalue weighted by atomic mass is 32.2. The van der Waals surface area contributed by atoms with Crippen molar-refractivity contribution in [3.8, 4) is 0 Å². The number of primary amides is 1. The number of nitrogens with one attached hydrogen (secondary N) is 1. The molecule has 0 aliphatic heterocycles. The number of rotatable bonds is 7. The maximum atomic E-state index is 11.7. The van der Waals surface area contributed by atoms with Crippen LogP contribution in [0.1, 0.15) is 17.3 Å². The molecule has 0 bridgehead atoms. The van der Waals surface area contributed by atoms with Crippen LogP contribution in [0.3, 0.4) is 0 Å². The first-order chi connectivity index (χ1) is 9.93. The van der Waals surface area contributed by atoms with Crippen LogP contribution in [0, 0.1) is 5.92 Å². The van der Waals surface area contributed by atoms with Crippen molar-refractivity contribution in [3.63, 3.8) is 0 Å². The Kier molecular flexibility index (Phi) is 6.74. The zero-order valence-electron chi connectivity index (χ0n) is 11.9. The summed E-state index contributed by atoms with van der Waals surface area (Å²) in [6.45, 7) is 1.75. The zero-order chi connectivity index (χ0) is 15.8. The quantitative estimate of drug-likeness (QED) is 0.739. The smallest absolute Gasteiger partial charge is 0.309 e. The van der Waals surface area contributed by atoms with Crippen molar-refractivity contribution >= 4 is 35.2 Å². The number of methoxy groups -OCH3 is 1. The van der Waals surface area contributed by atoms with E-state index < -0.39 is 5.91 Å². The van der Waals surface area contributed by atoms with E-state index in [9.17, 15) is 14.4 Å². The number of anilines is 1. The molecule has 1 aromatic carbocycles. The molecule has 0 aromatic heterocycles. The lowest BCUT2D eigenvalue weighted by Gasteiger charge is -2.09. The van der Waals surface area contributed by atoms with E-state index in [1.54, 1.807) is 31.2 Å². The van der Waals surface area contributed by atoms with E-state index in [0.29, 0.717) is 17.0 Å². The van der Waals surface area contributed by atoms with Gasteiger partial charge in [-0.3, -0.25) is 14.4 Å². The molecule has 1 aromatic rings. The molecule has 0 heterocycles. The van der Waals surface area contributed by atoms with Gasteiger partial charge in [0.05, 0.1) is 18.8 Å². The van der Waals surface area contributed by atoms with Gasteiger partial charge in [0.15, 0.2) is 0 Å². The number of esters is 1. The topological polar surface area (TPSA) is 98.5 Å². The van der Waals surface area contributed by atoms with Gasteiger partial charge in [-0.2, -0.15) is 11.8 Å². The van der Waals surface area contributed by atoms with Crippen LogP contribution in [-0.4, -0.2) is 36.4 Å². The van der Waals surface area contributed by atoms with Crippen LogP contribution in [0.4, 0.5) is 5.69 Å². The van der Waals surface area contributed by atoms with Crippen LogP contribution < -0.4 is 11.1 Å². The first-order valence-electron chi connectivity index (χ1n) is 6.29. The summed E-state index contributed by atoms with van der Waals surface area (Å²) in [6, 6.07) is 6.31. The van der Waals surface area contributed by atoms with Gasteiger partial charge in [0.25, 0.3) is 0 Å². The molecular formula is C14H18N2O4S. The molecular weight excluding hydrogens is 292 g/mol. The standard InChI is InChI=1S/C14H18N2O4S/c1-9(14(19)20-2)7-21-8-12(17)16-11-5-3-10(4-6-11)13(15)18/h3-6,9H,7-8H2,1-2H3,(H2,15,18)(H,16,17). The third kappa shape index (κ3) is 5.86. The predicted molar refractivity (Wildman–Crippen MR) is 82.1 cm³/mol. The largest absolute Gasteiger partial charge is 0.469 e. The second-order valence-corrected chi connectivity index (χ2v) is 5.46. The number of ether oxygens (including phenoxy) is 1. The number of carbonyl (C=O) groups excluding carboxylic acids is 3. The monoisotopic (exact) mass is 310 g/mol. The molecule has 0 fully saturated rings. The van der Waals surface area contributed by atoms with Gasteiger partial charge in [-0.15, -0.1) is 0 Å². The Bertz CT molecular complexity index is 516. The predicted octanol–water partition coefficient (Wildman–Crippen LogP) is 1.27. The first kappa shape index (κ1) is 17.0. The Labute approximate surface area is 127 Å². The Balaban J connectivity index is 2.37. The normalized spacial score (nSPS) is 11.5. The van der Waals surface area contributed by atoms with E-state index in [0.717, 1.165) is 0 Å². The average molecular weight is 310 g/mol. The lowest BCUT2D eigenvalue weighted by atomic mass is 10.2. The second-order valence-electron chi connectivity index (χ2n) is 4.43. The van der Waals surface area contributed by atoms with E-state index in [-0.39, 0.29) is 23.5 Å². The summed E-state index contributed by atoms with van der Waals surface area (Å²) in [7, 11) is 1.34. The average Bonchev–Trinajstić information content (AvgIpc) is 2.46. The summed E-state index contributed by atoms with van der Waals surface area (Å²) >= 11 is 1.35. The molecule has 114 valence electrons. The molecule has 7 heteroatoms. The summed E-state index contributed by atoms with van der Waals surface area (Å²) < 4.78 is 4.61. The van der Waals surface area contributed by atoms with Gasteiger partial charge in [0, 0.05) is 17.0 Å². The van der Waals surface area contributed by atoms with Crippen molar-refractivity contribution in [3.05, 3.63) is 29.8 Å². The van der Waals surface area contributed by atoms with Gasteiger partial charge in [0.1, 0.15) is 0 Å². The fourth-order valence-electron chi connectivity index (χ4n) is 1.51. The van der Waals surface area contributed by atoms with Crippen LogP contribution in [0.15, 0.2) is 24.3 Å². The number of nitrogens with two attached hydrogens (primary N) is 1. The van der Waals surface area contributed by atoms with Crippen LogP contribution in [-0.2, 0) is 14.3 Å². The van der Waals surface area contributed by atoms with Crippen LogP contribution in [0.25, 0.3) is 0 Å². The van der Waals surface area contributed by atoms with Crippen LogP contribution in [0.5, 0.6) is 0 Å². The Morgan fingerprint density at radius 1 is 1.29 bits per heavy atom. The maximum Gasteiger partial charge on any atom is 0.309 e. The number of thioether (sulfide) groups is 1. The van der Waals surface area contributed by atoms with Crippen LogP contribution >= 0.6 is 11.8 Å². The summed E-state index contributed by atoms with van der Waals surface area (Å²) in [5, 5.41) is 2.70. The maximum absolute atomic E-state index is 11.7. The number of amides is 2. The summed E-state index contributed by atoms with van der Waals surface area (Å²) in [5.41, 5.74) is 6.10. The van der Waals surface area contributed by atoms with Gasteiger partial charge < -0.3 is 15.8 Å². The third-order valence-corrected chi connectivity index (χ3v) is 3.86. The Morgan fingerprint density at radius 3 is 2.43 bits per heavy atom. The minimum Gasteiger partial charge on any atom is -0.469 e. The highest BCUT2D eigenvalue weighted by Gasteiger charge is 2.13. The second kappa shape index (κ2) is 8.31. The van der Waals surface area contributed by atoms with Crippen molar-refractivity contribution in [1.29, 1.82) is 0 Å². The molecule has 2 amide bonds. The van der Waals surface area contributed by atoms with Crippen molar-refractivity contribution in [2.24, 2.45) is 11.7 Å². The van der Waals surface area contributed by atoms with E-state index in [1.807, 2.05) is 0 Å². The highest BCUT2D eigenvalue weighted by molar-refractivity contribution is 8.00. The highest BCUT2D eigenvalue weighted by Crippen LogP contribution is 2.12. The molecule has 0 aliphatic carbocycles. The fourth-order valence-corrected chi connectivity index (χ4v) is 2.38. The molecule has 1 rings (SSSR count). The minimum absolute atomic E-state index is 0.177. The minimum atomic E-state index is -0.514. The fraction of sp³-hybridized carbons (Fsp3) is 0.357. The molecule has 1 unspecified atom stereocenters. The van der Waals surface area contributed by atoms with Gasteiger partial charge in [-0.1, -0.05) is 6.92 Å². The number of benzene rings is 1. The summed E-state index contributed by atoms with van der Waals surface area (Å²) in [4.78, 5) is 33.8. The molecule has 0 spiro atoms. The van der Waals surface area contributed by atoms with Gasteiger partial charge in [0.2, 0.25) is 11.8 Å². The Morgan fingerprint density at radius 2 is 1.90 bits per heavy atom. The molecule has 0 radical (unpaired) electrons. The van der Waals surface area contributed by atoms with Crippen molar-refractivity contribution in [2.45, 2.75) is 6.92 Å². The molecule has 6 nitrogen and oxygen atoms in total. The zero-order valence-corrected chi connectivity index (χ0v) is 12.7. The van der Waals surface area contributed by atoms with Crippen molar-refractivity contribution in [1.82, 2.24) is 0 Å². The first-order valence-corrected chi connectivity index (χ1v) is 7.44. The van der Waals surface area contributed by atoms with E-state index in [4.69, 9.17) is 5.73 Å². The molecule has 3 N–H and O–H groups in total. The van der Waals surface area contributed by atoms with Crippen molar-refractivity contribution in [2.75, 3.05) is 23.9 Å². The van der Waals surface area contributed by atoms with E-state index >= 15 is 0 Å². The van der Waals surface area contributed by atoms with Crippen LogP contribution in [0.2, 0.25) is 0 Å². The number of carbonyl (C=O) groups is 3. The van der Waals surface area contributed by atoms with Gasteiger partial charge in [-0.25, -0.2) is 0 Å². The number of hydrogen-bond donors (Lipinski definition) is 2. The molecule has 21 heavy (non-hydrogen) atoms.